The van der Waals surface area contributed by atoms with Gasteiger partial charge in [0, 0.05) is 29.6 Å². The molecular weight excluding hydrogens is 388 g/mol. The minimum atomic E-state index is -0.441. The van der Waals surface area contributed by atoms with Crippen LogP contribution in [-0.2, 0) is 9.59 Å². The van der Waals surface area contributed by atoms with Crippen molar-refractivity contribution in [2.24, 2.45) is 0 Å². The van der Waals surface area contributed by atoms with Crippen LogP contribution in [0, 0.1) is 13.8 Å². The molecule has 0 aliphatic heterocycles. The number of amides is 2. The Bertz CT molecular complexity index is 1180. The quantitative estimate of drug-likeness (QED) is 0.603. The van der Waals surface area contributed by atoms with E-state index in [0.29, 0.717) is 34.0 Å². The van der Waals surface area contributed by atoms with Crippen molar-refractivity contribution in [3.63, 3.8) is 0 Å². The summed E-state index contributed by atoms with van der Waals surface area (Å²) < 4.78 is 16.2. The summed E-state index contributed by atoms with van der Waals surface area (Å²) in [6, 6.07) is 9.85. The van der Waals surface area contributed by atoms with Crippen molar-refractivity contribution in [1.29, 1.82) is 0 Å². The van der Waals surface area contributed by atoms with Gasteiger partial charge in [0.05, 0.1) is 12.8 Å². The molecule has 30 heavy (non-hydrogen) atoms. The third kappa shape index (κ3) is 4.60. The number of benzene rings is 2. The van der Waals surface area contributed by atoms with E-state index in [1.54, 1.807) is 37.3 Å². The molecule has 0 radical (unpaired) electrons. The summed E-state index contributed by atoms with van der Waals surface area (Å²) in [6.45, 7) is 4.72. The van der Waals surface area contributed by atoms with Gasteiger partial charge in [0.15, 0.2) is 6.61 Å². The van der Waals surface area contributed by atoms with Crippen molar-refractivity contribution in [1.82, 2.24) is 0 Å². The number of anilines is 2. The molecular formula is C22H22N2O6. The largest absolute Gasteiger partial charge is 0.495 e. The lowest BCUT2D eigenvalue weighted by Gasteiger charge is -2.14. The zero-order valence-corrected chi connectivity index (χ0v) is 17.1. The van der Waals surface area contributed by atoms with Gasteiger partial charge in [-0.25, -0.2) is 4.79 Å². The van der Waals surface area contributed by atoms with E-state index in [-0.39, 0.29) is 12.5 Å². The van der Waals surface area contributed by atoms with Crippen LogP contribution >= 0.6 is 0 Å². The molecule has 2 aromatic carbocycles. The van der Waals surface area contributed by atoms with Gasteiger partial charge in [0.2, 0.25) is 5.91 Å². The maximum absolute atomic E-state index is 12.4. The molecule has 156 valence electrons. The van der Waals surface area contributed by atoms with Gasteiger partial charge >= 0.3 is 5.63 Å². The number of aryl methyl sites for hydroxylation is 2. The lowest BCUT2D eigenvalue weighted by atomic mass is 10.1. The first-order valence-electron chi connectivity index (χ1n) is 9.21. The van der Waals surface area contributed by atoms with Crippen molar-refractivity contribution in [2.45, 2.75) is 20.8 Å². The summed E-state index contributed by atoms with van der Waals surface area (Å²) in [4.78, 5) is 35.4. The van der Waals surface area contributed by atoms with Crippen LogP contribution in [-0.4, -0.2) is 25.5 Å². The van der Waals surface area contributed by atoms with Crippen molar-refractivity contribution in [2.75, 3.05) is 24.4 Å². The molecule has 0 saturated heterocycles. The normalized spacial score (nSPS) is 10.5. The van der Waals surface area contributed by atoms with E-state index in [1.165, 1.54) is 20.1 Å². The first kappa shape index (κ1) is 20.9. The van der Waals surface area contributed by atoms with Crippen LogP contribution in [0.1, 0.15) is 18.1 Å². The van der Waals surface area contributed by atoms with Gasteiger partial charge in [-0.3, -0.25) is 9.59 Å². The Balaban J connectivity index is 1.76. The van der Waals surface area contributed by atoms with Crippen LogP contribution in [0.3, 0.4) is 0 Å². The highest BCUT2D eigenvalue weighted by Crippen LogP contribution is 2.29. The molecule has 3 rings (SSSR count). The zero-order chi connectivity index (χ0) is 21.8. The maximum atomic E-state index is 12.4. The van der Waals surface area contributed by atoms with Crippen LogP contribution in [0.2, 0.25) is 0 Å². The minimum absolute atomic E-state index is 0.227. The van der Waals surface area contributed by atoms with Gasteiger partial charge < -0.3 is 24.5 Å². The smallest absolute Gasteiger partial charge is 0.336 e. The molecule has 0 saturated carbocycles. The summed E-state index contributed by atoms with van der Waals surface area (Å²) in [5.41, 5.74) is 2.35. The topological polar surface area (TPSA) is 107 Å². The molecule has 0 aliphatic carbocycles. The molecule has 0 bridgehead atoms. The fourth-order valence-electron chi connectivity index (χ4n) is 3.07. The number of nitrogens with one attached hydrogen (secondary N) is 2. The van der Waals surface area contributed by atoms with Crippen LogP contribution < -0.4 is 25.7 Å². The Morgan fingerprint density at radius 3 is 2.47 bits per heavy atom. The van der Waals surface area contributed by atoms with E-state index in [9.17, 15) is 14.4 Å². The monoisotopic (exact) mass is 410 g/mol. The Hall–Kier alpha value is -3.81. The Morgan fingerprint density at radius 1 is 1.03 bits per heavy atom. The van der Waals surface area contributed by atoms with Crippen LogP contribution in [0.4, 0.5) is 11.4 Å². The van der Waals surface area contributed by atoms with E-state index in [1.807, 2.05) is 6.92 Å². The Labute approximate surface area is 172 Å². The summed E-state index contributed by atoms with van der Waals surface area (Å²) in [5.74, 6) is 0.231. The summed E-state index contributed by atoms with van der Waals surface area (Å²) in [5, 5.41) is 6.16. The highest BCUT2D eigenvalue weighted by atomic mass is 16.5. The highest BCUT2D eigenvalue weighted by Gasteiger charge is 2.13. The molecule has 1 aromatic heterocycles. The average Bonchev–Trinajstić information content (AvgIpc) is 2.67. The first-order valence-corrected chi connectivity index (χ1v) is 9.21. The average molecular weight is 410 g/mol. The van der Waals surface area contributed by atoms with Gasteiger partial charge in [0.1, 0.15) is 17.1 Å². The number of ether oxygens (including phenoxy) is 2. The number of methoxy groups -OCH3 is 1. The Morgan fingerprint density at radius 2 is 1.77 bits per heavy atom. The summed E-state index contributed by atoms with van der Waals surface area (Å²) in [7, 11) is 1.48. The number of carbonyl (C=O) groups is 2. The molecule has 0 atom stereocenters. The van der Waals surface area contributed by atoms with Crippen LogP contribution in [0.15, 0.2) is 45.6 Å². The van der Waals surface area contributed by atoms with Crippen molar-refractivity contribution in [3.8, 4) is 11.5 Å². The Kier molecular flexibility index (Phi) is 6.06. The van der Waals surface area contributed by atoms with E-state index in [2.05, 4.69) is 10.6 Å². The SMILES string of the molecule is COc1ccc(NC(C)=O)cc1NC(=O)COc1ccc2c(C)cc(=O)oc2c1C. The fourth-order valence-corrected chi connectivity index (χ4v) is 3.07. The molecule has 0 unspecified atom stereocenters. The number of fused-ring (bicyclic) bond motifs is 1. The molecule has 2 N–H and O–H groups in total. The summed E-state index contributed by atoms with van der Waals surface area (Å²) in [6.07, 6.45) is 0. The van der Waals surface area contributed by atoms with Gasteiger partial charge in [0.25, 0.3) is 5.91 Å². The molecule has 3 aromatic rings. The predicted molar refractivity (Wildman–Crippen MR) is 113 cm³/mol. The molecule has 8 heteroatoms. The van der Waals surface area contributed by atoms with Gasteiger partial charge in [-0.15, -0.1) is 0 Å². The predicted octanol–water partition coefficient (Wildman–Crippen LogP) is 3.39. The van der Waals surface area contributed by atoms with Crippen LogP contribution in [0.5, 0.6) is 11.5 Å². The lowest BCUT2D eigenvalue weighted by Crippen LogP contribution is -2.21. The third-order valence-electron chi connectivity index (χ3n) is 4.47. The third-order valence-corrected chi connectivity index (χ3v) is 4.47. The molecule has 0 fully saturated rings. The van der Waals surface area contributed by atoms with Gasteiger partial charge in [-0.1, -0.05) is 0 Å². The highest BCUT2D eigenvalue weighted by molar-refractivity contribution is 5.95. The van der Waals surface area contributed by atoms with E-state index < -0.39 is 11.5 Å². The number of hydrogen-bond acceptors (Lipinski definition) is 6. The second-order valence-corrected chi connectivity index (χ2v) is 6.75. The van der Waals surface area contributed by atoms with Crippen molar-refractivity contribution < 1.29 is 23.5 Å². The van der Waals surface area contributed by atoms with E-state index in [4.69, 9.17) is 13.9 Å². The zero-order valence-electron chi connectivity index (χ0n) is 17.1. The molecule has 1 heterocycles. The second kappa shape index (κ2) is 8.69. The lowest BCUT2D eigenvalue weighted by molar-refractivity contribution is -0.118. The molecule has 8 nitrogen and oxygen atoms in total. The van der Waals surface area contributed by atoms with Crippen molar-refractivity contribution >= 4 is 34.2 Å². The second-order valence-electron chi connectivity index (χ2n) is 6.75. The van der Waals surface area contributed by atoms with Gasteiger partial charge in [-0.05, 0) is 49.7 Å². The first-order chi connectivity index (χ1) is 14.3. The molecule has 0 spiro atoms. The molecule has 2 amide bonds. The number of hydrogen-bond donors (Lipinski definition) is 2. The number of rotatable bonds is 6. The maximum Gasteiger partial charge on any atom is 0.336 e. The van der Waals surface area contributed by atoms with Crippen molar-refractivity contribution in [3.05, 3.63) is 57.9 Å². The minimum Gasteiger partial charge on any atom is -0.495 e. The molecule has 0 aliphatic rings. The fraction of sp³-hybridized carbons (Fsp3) is 0.227. The standard InChI is InChI=1S/C22H22N2O6/c1-12-9-21(27)30-22-13(2)18(8-6-16(12)22)29-11-20(26)24-17-10-15(23-14(3)25)5-7-19(17)28-4/h5-10H,11H2,1-4H3,(H,23,25)(H,24,26). The van der Waals surface area contributed by atoms with E-state index >= 15 is 0 Å². The van der Waals surface area contributed by atoms with Gasteiger partial charge in [-0.2, -0.15) is 0 Å². The number of carbonyl (C=O) groups excluding carboxylic acids is 2. The summed E-state index contributed by atoms with van der Waals surface area (Å²) >= 11 is 0. The van der Waals surface area contributed by atoms with Crippen LogP contribution in [0.25, 0.3) is 11.0 Å². The van der Waals surface area contributed by atoms with E-state index in [0.717, 1.165) is 10.9 Å².